The van der Waals surface area contributed by atoms with Gasteiger partial charge in [-0.1, -0.05) is 11.3 Å². The smallest absolute Gasteiger partial charge is 0.235 e. The number of aryl methyl sites for hydroxylation is 1. The fourth-order valence-corrected chi connectivity index (χ4v) is 4.74. The van der Waals surface area contributed by atoms with Crippen LogP contribution in [-0.4, -0.2) is 52.8 Å². The summed E-state index contributed by atoms with van der Waals surface area (Å²) in [4.78, 5) is 6.37. The van der Waals surface area contributed by atoms with Gasteiger partial charge in [-0.15, -0.1) is 10.2 Å². The molecule has 4 heterocycles. The Balaban J connectivity index is 1.42. The summed E-state index contributed by atoms with van der Waals surface area (Å²) in [5.41, 5.74) is 3.00. The summed E-state index contributed by atoms with van der Waals surface area (Å²) < 4.78 is 3.55. The van der Waals surface area contributed by atoms with Crippen molar-refractivity contribution >= 4 is 39.0 Å². The SMILES string of the molecule is Cn1cc(-c2cnc3ccc(Sc4nnc5sc(CNCCO)nn45)cc3c2)cn1. The molecule has 0 aliphatic carbocycles. The van der Waals surface area contributed by atoms with Crippen LogP contribution in [0.2, 0.25) is 0 Å². The van der Waals surface area contributed by atoms with Crippen LogP contribution in [0, 0.1) is 0 Å². The summed E-state index contributed by atoms with van der Waals surface area (Å²) in [5.74, 6) is 0. The number of benzene rings is 1. The van der Waals surface area contributed by atoms with Crippen LogP contribution in [0.4, 0.5) is 0 Å². The van der Waals surface area contributed by atoms with Crippen molar-refractivity contribution in [3.8, 4) is 11.1 Å². The summed E-state index contributed by atoms with van der Waals surface area (Å²) in [7, 11) is 1.90. The second kappa shape index (κ2) is 8.11. The molecule has 0 bridgehead atoms. The topological polar surface area (TPSA) is 106 Å². The summed E-state index contributed by atoms with van der Waals surface area (Å²) in [5, 5.41) is 32.0. The highest BCUT2D eigenvalue weighted by molar-refractivity contribution is 7.99. The van der Waals surface area contributed by atoms with E-state index in [2.05, 4.69) is 42.8 Å². The largest absolute Gasteiger partial charge is 0.395 e. The van der Waals surface area contributed by atoms with Crippen LogP contribution in [0.1, 0.15) is 5.01 Å². The number of fused-ring (bicyclic) bond motifs is 2. The first kappa shape index (κ1) is 19.1. The zero-order valence-corrected chi connectivity index (χ0v) is 17.7. The van der Waals surface area contributed by atoms with E-state index >= 15 is 0 Å². The van der Waals surface area contributed by atoms with Gasteiger partial charge in [0.15, 0.2) is 0 Å². The molecule has 0 amide bonds. The summed E-state index contributed by atoms with van der Waals surface area (Å²) in [6, 6.07) is 8.26. The van der Waals surface area contributed by atoms with Gasteiger partial charge < -0.3 is 10.4 Å². The van der Waals surface area contributed by atoms with Gasteiger partial charge in [-0.3, -0.25) is 9.67 Å². The molecule has 152 valence electrons. The van der Waals surface area contributed by atoms with E-state index in [4.69, 9.17) is 5.11 Å². The molecule has 5 rings (SSSR count). The first-order valence-corrected chi connectivity index (χ1v) is 10.9. The fraction of sp³-hybridized carbons (Fsp3) is 0.211. The predicted octanol–water partition coefficient (Wildman–Crippen LogP) is 2.37. The minimum Gasteiger partial charge on any atom is -0.395 e. The third-order valence-electron chi connectivity index (χ3n) is 4.47. The molecule has 0 saturated heterocycles. The number of hydrogen-bond donors (Lipinski definition) is 2. The molecular weight excluding hydrogens is 420 g/mol. The van der Waals surface area contributed by atoms with Gasteiger partial charge in [-0.25, -0.2) is 0 Å². The lowest BCUT2D eigenvalue weighted by Crippen LogP contribution is -2.17. The van der Waals surface area contributed by atoms with Crippen molar-refractivity contribution < 1.29 is 5.11 Å². The van der Waals surface area contributed by atoms with Crippen molar-refractivity contribution in [2.24, 2.45) is 7.05 Å². The molecular formula is C19H18N8OS2. The van der Waals surface area contributed by atoms with E-state index in [-0.39, 0.29) is 6.61 Å². The van der Waals surface area contributed by atoms with E-state index in [1.165, 1.54) is 23.1 Å². The Morgan fingerprint density at radius 3 is 2.93 bits per heavy atom. The first-order chi connectivity index (χ1) is 14.7. The quantitative estimate of drug-likeness (QED) is 0.373. The van der Waals surface area contributed by atoms with Crippen molar-refractivity contribution in [2.45, 2.75) is 16.6 Å². The van der Waals surface area contributed by atoms with Gasteiger partial charge in [0, 0.05) is 53.9 Å². The number of aromatic nitrogens is 7. The van der Waals surface area contributed by atoms with Gasteiger partial charge in [0.05, 0.1) is 18.3 Å². The lowest BCUT2D eigenvalue weighted by Gasteiger charge is -2.04. The van der Waals surface area contributed by atoms with Crippen molar-refractivity contribution in [3.63, 3.8) is 0 Å². The lowest BCUT2D eigenvalue weighted by atomic mass is 10.1. The van der Waals surface area contributed by atoms with Crippen LogP contribution in [-0.2, 0) is 13.6 Å². The highest BCUT2D eigenvalue weighted by Crippen LogP contribution is 2.31. The van der Waals surface area contributed by atoms with Crippen molar-refractivity contribution in [2.75, 3.05) is 13.2 Å². The minimum absolute atomic E-state index is 0.102. The van der Waals surface area contributed by atoms with Gasteiger partial charge in [-0.05, 0) is 36.0 Å². The first-order valence-electron chi connectivity index (χ1n) is 9.29. The molecule has 0 aliphatic heterocycles. The van der Waals surface area contributed by atoms with Crippen LogP contribution in [0.5, 0.6) is 0 Å². The van der Waals surface area contributed by atoms with Crippen molar-refractivity contribution in [1.82, 2.24) is 39.9 Å². The van der Waals surface area contributed by atoms with E-state index in [0.29, 0.717) is 18.2 Å². The maximum Gasteiger partial charge on any atom is 0.235 e. The van der Waals surface area contributed by atoms with E-state index in [1.807, 2.05) is 37.8 Å². The van der Waals surface area contributed by atoms with Crippen LogP contribution in [0.25, 0.3) is 27.0 Å². The Hall–Kier alpha value is -2.86. The molecule has 11 heteroatoms. The number of rotatable bonds is 7. The molecule has 9 nitrogen and oxygen atoms in total. The van der Waals surface area contributed by atoms with Gasteiger partial charge in [0.1, 0.15) is 5.01 Å². The van der Waals surface area contributed by atoms with E-state index in [1.54, 1.807) is 9.20 Å². The number of pyridine rings is 1. The number of nitrogens with zero attached hydrogens (tertiary/aromatic N) is 7. The van der Waals surface area contributed by atoms with Crippen LogP contribution >= 0.6 is 23.1 Å². The molecule has 0 spiro atoms. The van der Waals surface area contributed by atoms with Gasteiger partial charge >= 0.3 is 0 Å². The van der Waals surface area contributed by atoms with Crippen molar-refractivity contribution in [1.29, 1.82) is 0 Å². The maximum absolute atomic E-state index is 8.89. The Kier molecular flexibility index (Phi) is 5.17. The van der Waals surface area contributed by atoms with Gasteiger partial charge in [0.2, 0.25) is 10.1 Å². The van der Waals surface area contributed by atoms with E-state index < -0.39 is 0 Å². The zero-order valence-electron chi connectivity index (χ0n) is 16.1. The molecule has 0 unspecified atom stereocenters. The molecule has 30 heavy (non-hydrogen) atoms. The fourth-order valence-electron chi connectivity index (χ4n) is 3.05. The number of aliphatic hydroxyl groups is 1. The lowest BCUT2D eigenvalue weighted by molar-refractivity contribution is 0.292. The van der Waals surface area contributed by atoms with Crippen LogP contribution in [0.3, 0.4) is 0 Å². The highest BCUT2D eigenvalue weighted by Gasteiger charge is 2.13. The summed E-state index contributed by atoms with van der Waals surface area (Å²) in [6.45, 7) is 1.23. The van der Waals surface area contributed by atoms with Crippen LogP contribution in [0.15, 0.2) is 52.9 Å². The second-order valence-corrected chi connectivity index (χ2v) is 8.74. The van der Waals surface area contributed by atoms with Crippen molar-refractivity contribution in [3.05, 3.63) is 47.9 Å². The Morgan fingerprint density at radius 2 is 2.10 bits per heavy atom. The second-order valence-electron chi connectivity index (χ2n) is 6.66. The summed E-state index contributed by atoms with van der Waals surface area (Å²) >= 11 is 3.00. The molecule has 0 aliphatic rings. The van der Waals surface area contributed by atoms with Gasteiger partial charge in [-0.2, -0.15) is 14.7 Å². The average molecular weight is 439 g/mol. The average Bonchev–Trinajstić information content (AvgIpc) is 3.45. The molecule has 1 aromatic carbocycles. The maximum atomic E-state index is 8.89. The predicted molar refractivity (Wildman–Crippen MR) is 116 cm³/mol. The molecule has 0 radical (unpaired) electrons. The number of nitrogens with one attached hydrogen (secondary N) is 1. The molecule has 0 atom stereocenters. The Morgan fingerprint density at radius 1 is 1.17 bits per heavy atom. The normalized spacial score (nSPS) is 11.7. The standard InChI is InChI=1S/C19H18N8OS2/c1-26-11-14(9-22-26)13-6-12-7-15(2-3-16(12)21-8-13)29-18-23-24-19-27(18)25-17(30-19)10-20-4-5-28/h2-3,6-9,11,20,28H,4-5,10H2,1H3. The molecule has 4 aromatic heterocycles. The van der Waals surface area contributed by atoms with E-state index in [9.17, 15) is 0 Å². The molecule has 0 fully saturated rings. The Labute approximate surface area is 179 Å². The molecule has 2 N–H and O–H groups in total. The zero-order chi connectivity index (χ0) is 20.5. The molecule has 0 saturated carbocycles. The molecule has 5 aromatic rings. The minimum atomic E-state index is 0.102. The summed E-state index contributed by atoms with van der Waals surface area (Å²) in [6.07, 6.45) is 5.68. The monoisotopic (exact) mass is 438 g/mol. The number of hydrogen-bond acceptors (Lipinski definition) is 9. The van der Waals surface area contributed by atoms with Crippen LogP contribution < -0.4 is 5.32 Å². The highest BCUT2D eigenvalue weighted by atomic mass is 32.2. The third-order valence-corrected chi connectivity index (χ3v) is 6.29. The van der Waals surface area contributed by atoms with E-state index in [0.717, 1.165) is 36.9 Å². The number of aliphatic hydroxyl groups excluding tert-OH is 1. The van der Waals surface area contributed by atoms with Gasteiger partial charge in [0.25, 0.3) is 0 Å². The Bertz CT molecular complexity index is 1320. The third kappa shape index (κ3) is 3.79.